The molecule has 2 aliphatic heterocycles. The number of benzene rings is 1. The molecule has 2 saturated heterocycles. The molecular weight excluding hydrogens is 1880 g/mol. The predicted molar refractivity (Wildman–Crippen MR) is 507 cm³/mol. The van der Waals surface area contributed by atoms with Gasteiger partial charge in [-0.05, 0) is 153 Å². The lowest BCUT2D eigenvalue weighted by atomic mass is 9.97. The van der Waals surface area contributed by atoms with Crippen molar-refractivity contribution in [2.24, 2.45) is 35.1 Å². The first-order valence-corrected chi connectivity index (χ1v) is 47.8. The number of carboxylic acids is 3. The van der Waals surface area contributed by atoms with E-state index in [0.29, 0.717) is 35.9 Å². The maximum absolute atomic E-state index is 14.7. The molecule has 52 heteroatoms. The smallest absolute Gasteiger partial charge is 0.326 e. The van der Waals surface area contributed by atoms with E-state index in [9.17, 15) is 142 Å². The Kier molecular flexibility index (Phi) is 49.8. The van der Waals surface area contributed by atoms with Crippen molar-refractivity contribution in [2.75, 3.05) is 46.0 Å². The van der Waals surface area contributed by atoms with Crippen molar-refractivity contribution in [3.63, 3.8) is 0 Å². The first kappa shape index (κ1) is 121. The van der Waals surface area contributed by atoms with Crippen molar-refractivity contribution < 1.29 is 147 Å². The van der Waals surface area contributed by atoms with Crippen LogP contribution < -0.4 is 96.5 Å². The Morgan fingerprint density at radius 2 is 0.944 bits per heavy atom. The van der Waals surface area contributed by atoms with Gasteiger partial charge in [-0.2, -0.15) is 0 Å². The Morgan fingerprint density at radius 3 is 1.45 bits per heavy atom. The number of fused-ring (bicyclic) bond motifs is 1. The van der Waals surface area contributed by atoms with Crippen molar-refractivity contribution in [1.29, 1.82) is 0 Å². The number of aliphatic hydroxyl groups excluding tert-OH is 7. The number of aromatic amines is 2. The molecule has 4 heterocycles. The first-order valence-electron chi connectivity index (χ1n) is 47.8. The Morgan fingerprint density at radius 1 is 0.490 bits per heavy atom. The molecule has 16 amide bonds. The minimum atomic E-state index is -2.17. The standard InChI is InChI=1S/C91H146N22O30/c1-43(2)32-59(81(132)106-61(34-51-36-95-54-21-14-13-20-53(51)54)77(128)96-38-66(119)100-58(90(141)142)23-16-18-30-93)104-75(126)47(9)99-88(139)71(49(11)117)110-86(137)69(45(5)6)109-76(127)48(10)98-84(135)63(39-114)108-78(129)55(22-15-17-29-92)101-79(130)56(25-27-67(120)121)102-80(131)57(26-28-68(122)123)103-85(136)64-24-19-31-113(64)89(140)72(50(12)118)111-83(134)60(33-44(3)4)105-82(133)62(35-52-37-94-42-97-52)107-87(138)70(46(7)8)112-91(41-116)74(125)73(124)65(40-115)143-91/h13-14,20-21,36-37,42-50,55-65,69-74,95,112,114-118,124-125H,15-19,22-35,38-41,92-93H2,1-12H3,(H,94,97)(H,96,128)(H,98,135)(H,99,139)(H,100,119)(H,101,130)(H,102,131)(H,103,136)(H,104,126)(H,105,133)(H,106,132)(H,107,138)(H,108,129)(H,109,127)(H,110,137)(H,111,134)(H,120,121)(H,122,123)(H,141,142)/t47-,48-,49+,50+,55-,56-,57-,58-,59-,60-,61-,62-,63-,64-,65+,69-,70-,71-,72-,73+,74-,91-/m0/s1. The molecule has 143 heavy (non-hydrogen) atoms. The highest BCUT2D eigenvalue weighted by Crippen LogP contribution is 2.31. The van der Waals surface area contributed by atoms with Crippen molar-refractivity contribution in [2.45, 2.75) is 319 Å². The fraction of sp³-hybridized carbons (Fsp3) is 0.670. The molecule has 22 atom stereocenters. The van der Waals surface area contributed by atoms with Gasteiger partial charge in [0.25, 0.3) is 0 Å². The number of H-pyrrole nitrogens is 2. The van der Waals surface area contributed by atoms with Gasteiger partial charge in [0, 0.05) is 55.5 Å². The van der Waals surface area contributed by atoms with Crippen LogP contribution in [0.4, 0.5) is 0 Å². The number of likely N-dealkylation sites (tertiary alicyclic amines) is 1. The van der Waals surface area contributed by atoms with E-state index in [2.05, 4.69) is 100 Å². The van der Waals surface area contributed by atoms with Gasteiger partial charge in [0.15, 0.2) is 5.72 Å². The summed E-state index contributed by atoms with van der Waals surface area (Å²) in [7, 11) is 0. The Labute approximate surface area is 825 Å². The maximum atomic E-state index is 14.7. The van der Waals surface area contributed by atoms with E-state index in [-0.39, 0.29) is 94.8 Å². The van der Waals surface area contributed by atoms with Gasteiger partial charge in [-0.3, -0.25) is 91.6 Å². The van der Waals surface area contributed by atoms with Gasteiger partial charge in [0.2, 0.25) is 94.5 Å². The van der Waals surface area contributed by atoms with Crippen LogP contribution in [0.15, 0.2) is 43.0 Å². The van der Waals surface area contributed by atoms with Crippen LogP contribution in [0.5, 0.6) is 0 Å². The van der Waals surface area contributed by atoms with E-state index in [0.717, 1.165) is 25.7 Å². The summed E-state index contributed by atoms with van der Waals surface area (Å²) in [5.41, 5.74) is 10.7. The number of nitrogens with two attached hydrogens (primary N) is 2. The number of carboxylic acid groups (broad SMARTS) is 3. The molecule has 2 aliphatic rings. The summed E-state index contributed by atoms with van der Waals surface area (Å²) in [6.07, 6.45) is -6.79. The molecule has 2 fully saturated rings. The lowest BCUT2D eigenvalue weighted by Gasteiger charge is -2.36. The molecule has 5 rings (SSSR count). The highest BCUT2D eigenvalue weighted by Gasteiger charge is 2.56. The molecule has 3 aromatic rings. The average Bonchev–Trinajstić information content (AvgIpc) is 1.62. The third kappa shape index (κ3) is 37.6. The summed E-state index contributed by atoms with van der Waals surface area (Å²) >= 11 is 0. The summed E-state index contributed by atoms with van der Waals surface area (Å²) in [6.45, 7) is 14.1. The highest BCUT2D eigenvalue weighted by molar-refractivity contribution is 6.02. The lowest BCUT2D eigenvalue weighted by Crippen LogP contribution is -2.66. The third-order valence-corrected chi connectivity index (χ3v) is 24.0. The number of ether oxygens (including phenoxy) is 1. The van der Waals surface area contributed by atoms with Gasteiger partial charge < -0.3 is 162 Å². The topological polar surface area (TPSA) is 828 Å². The summed E-state index contributed by atoms with van der Waals surface area (Å²) < 4.78 is 5.63. The minimum absolute atomic E-state index is 0.0286. The van der Waals surface area contributed by atoms with Gasteiger partial charge in [0.1, 0.15) is 109 Å². The van der Waals surface area contributed by atoms with Crippen molar-refractivity contribution in [3.8, 4) is 0 Å². The van der Waals surface area contributed by atoms with Crippen molar-refractivity contribution in [3.05, 3.63) is 54.2 Å². The largest absolute Gasteiger partial charge is 0.481 e. The quantitative estimate of drug-likeness (QED) is 0.0233. The second-order valence-corrected chi connectivity index (χ2v) is 37.4. The number of nitrogens with one attached hydrogen (secondary N) is 18. The van der Waals surface area contributed by atoms with E-state index in [4.69, 9.17) is 16.2 Å². The number of carbonyl (C=O) groups is 19. The first-order chi connectivity index (χ1) is 67.4. The zero-order valence-corrected chi connectivity index (χ0v) is 82.4. The van der Waals surface area contributed by atoms with E-state index >= 15 is 0 Å². The minimum Gasteiger partial charge on any atom is -0.481 e. The molecule has 1 aromatic carbocycles. The highest BCUT2D eigenvalue weighted by atomic mass is 16.6. The van der Waals surface area contributed by atoms with E-state index in [1.54, 1.807) is 72.0 Å². The van der Waals surface area contributed by atoms with Gasteiger partial charge in [-0.1, -0.05) is 73.6 Å². The van der Waals surface area contributed by atoms with Crippen LogP contribution in [0.25, 0.3) is 10.9 Å². The van der Waals surface area contributed by atoms with E-state index < -0.39 is 309 Å². The fourth-order valence-electron chi connectivity index (χ4n) is 15.9. The molecule has 32 N–H and O–H groups in total. The number of para-hydroxylation sites is 1. The van der Waals surface area contributed by atoms with Gasteiger partial charge in [-0.25, -0.2) is 9.78 Å². The summed E-state index contributed by atoms with van der Waals surface area (Å²) in [4.78, 5) is 274. The van der Waals surface area contributed by atoms with Crippen LogP contribution in [0.2, 0.25) is 0 Å². The second kappa shape index (κ2) is 58.9. The van der Waals surface area contributed by atoms with E-state index in [1.807, 2.05) is 0 Å². The molecule has 0 bridgehead atoms. The number of rotatable bonds is 63. The van der Waals surface area contributed by atoms with Crippen LogP contribution >= 0.6 is 0 Å². The van der Waals surface area contributed by atoms with Crippen molar-refractivity contribution >= 4 is 123 Å². The molecule has 800 valence electrons. The summed E-state index contributed by atoms with van der Waals surface area (Å²) in [6, 6.07) is -18.7. The van der Waals surface area contributed by atoms with Crippen LogP contribution in [0, 0.1) is 23.7 Å². The van der Waals surface area contributed by atoms with Crippen LogP contribution in [-0.2, 0) is 109 Å². The number of carbonyl (C=O) groups excluding carboxylic acids is 16. The number of hydrogen-bond donors (Lipinski definition) is 30. The van der Waals surface area contributed by atoms with Crippen LogP contribution in [0.1, 0.15) is 184 Å². The van der Waals surface area contributed by atoms with Gasteiger partial charge in [-0.15, -0.1) is 0 Å². The van der Waals surface area contributed by atoms with E-state index in [1.165, 1.54) is 33.3 Å². The SMILES string of the molecule is CC(C)C[C@H](NC(=O)[C@H](C)NC(=O)[C@@H](NC(=O)[C@@H](NC(=O)[C@H](C)NC(=O)[C@H](CO)NC(=O)[C@H](CCCCN)NC(=O)[C@H](CCC(=O)O)NC(=O)[C@H](CCC(=O)O)NC(=O)[C@@H]1CCCN1C(=O)[C@@H](NC(=O)[C@H](CC(C)C)NC(=O)[C@H](Cc1c[nH]cn1)NC(=O)[C@@H](N[C@@]1(CO)O[C@H](CO)[C@@H](O)[C@@H]1O)C(C)C)[C@@H](C)O)C(C)C)[C@@H](C)O)C(=O)N[C@@H](Cc1c[nH]c2ccccc12)C(=O)NCC(=O)N[C@@H](CCCCN)C(=O)O. The van der Waals surface area contributed by atoms with Crippen LogP contribution in [0.3, 0.4) is 0 Å². The number of aromatic nitrogens is 3. The third-order valence-electron chi connectivity index (χ3n) is 24.0. The fourth-order valence-corrected chi connectivity index (χ4v) is 15.9. The Hall–Kier alpha value is -12.5. The number of unbranched alkanes of at least 4 members (excludes halogenated alkanes) is 2. The molecule has 0 saturated carbocycles. The van der Waals surface area contributed by atoms with Gasteiger partial charge in [0.05, 0.1) is 56.6 Å². The molecular formula is C91H146N22O30. The van der Waals surface area contributed by atoms with Crippen LogP contribution in [-0.4, -0.2) is 362 Å². The normalized spacial score (nSPS) is 19.3. The number of amides is 16. The molecule has 0 aliphatic carbocycles. The molecule has 0 unspecified atom stereocenters. The zero-order chi connectivity index (χ0) is 107. The van der Waals surface area contributed by atoms with Gasteiger partial charge >= 0.3 is 17.9 Å². The molecule has 2 aromatic heterocycles. The zero-order valence-electron chi connectivity index (χ0n) is 82.4. The number of imidazole rings is 1. The maximum Gasteiger partial charge on any atom is 0.326 e. The summed E-state index contributed by atoms with van der Waals surface area (Å²) in [5, 5.41) is 144. The number of aliphatic hydroxyl groups is 7. The molecule has 0 radical (unpaired) electrons. The predicted octanol–water partition coefficient (Wildman–Crippen LogP) is -8.40. The number of hydrogen-bond acceptors (Lipinski definition) is 31. The summed E-state index contributed by atoms with van der Waals surface area (Å²) in [5.74, 6) is -23.2. The molecule has 0 spiro atoms. The molecule has 52 nitrogen and oxygen atoms in total. The number of nitrogens with zero attached hydrogens (tertiary/aromatic N) is 2. The Balaban J connectivity index is 1.25. The average molecular weight is 2030 g/mol. The monoisotopic (exact) mass is 2030 g/mol. The Bertz CT molecular complexity index is 4790. The second-order valence-electron chi connectivity index (χ2n) is 37.4. The number of aliphatic carboxylic acids is 3. The lowest BCUT2D eigenvalue weighted by molar-refractivity contribution is -0.153. The van der Waals surface area contributed by atoms with Crippen molar-refractivity contribution in [1.82, 2.24) is 105 Å².